The molecule has 1 aromatic rings. The number of nitrogens with zero attached hydrogens (tertiary/aromatic N) is 2. The maximum absolute atomic E-state index is 12.3. The second-order valence-corrected chi connectivity index (χ2v) is 5.47. The highest BCUT2D eigenvalue weighted by Gasteiger charge is 2.23. The Kier molecular flexibility index (Phi) is 5.75. The molecule has 1 saturated heterocycles. The molecule has 0 bridgehead atoms. The summed E-state index contributed by atoms with van der Waals surface area (Å²) in [5.41, 5.74) is 0.521. The second-order valence-electron chi connectivity index (χ2n) is 5.47. The van der Waals surface area contributed by atoms with Crippen molar-refractivity contribution in [3.05, 3.63) is 23.9 Å². The Labute approximate surface area is 130 Å². The zero-order valence-electron chi connectivity index (χ0n) is 13.2. The van der Waals surface area contributed by atoms with Crippen LogP contribution in [0.25, 0.3) is 0 Å². The van der Waals surface area contributed by atoms with Gasteiger partial charge in [0.05, 0.1) is 7.11 Å². The van der Waals surface area contributed by atoms with Crippen molar-refractivity contribution in [1.82, 2.24) is 15.2 Å². The van der Waals surface area contributed by atoms with Crippen molar-refractivity contribution in [2.24, 2.45) is 0 Å². The van der Waals surface area contributed by atoms with E-state index in [-0.39, 0.29) is 17.9 Å². The lowest BCUT2D eigenvalue weighted by Gasteiger charge is -2.20. The van der Waals surface area contributed by atoms with E-state index in [9.17, 15) is 9.59 Å². The number of nitrogens with one attached hydrogen (secondary N) is 1. The predicted octanol–water partition coefficient (Wildman–Crippen LogP) is 1.61. The Morgan fingerprint density at radius 1 is 1.50 bits per heavy atom. The molecule has 1 aromatic heterocycles. The van der Waals surface area contributed by atoms with Crippen molar-refractivity contribution in [1.29, 1.82) is 0 Å². The third-order valence-corrected chi connectivity index (χ3v) is 3.84. The van der Waals surface area contributed by atoms with Crippen molar-refractivity contribution in [3.63, 3.8) is 0 Å². The van der Waals surface area contributed by atoms with E-state index < -0.39 is 0 Å². The number of aromatic nitrogens is 1. The summed E-state index contributed by atoms with van der Waals surface area (Å²) < 4.78 is 5.03. The Hall–Kier alpha value is -2.11. The van der Waals surface area contributed by atoms with Crippen LogP contribution in [0.5, 0.6) is 5.88 Å². The molecule has 0 aromatic carbocycles. The standard InChI is InChI=1S/C16H23N3O3/c1-3-9-19-10-7-13(4-5-15(19)20)18-16(21)12-6-8-17-14(11-12)22-2/h6,8,11,13H,3-5,7,9-10H2,1-2H3,(H,18,21). The lowest BCUT2D eigenvalue weighted by Crippen LogP contribution is -2.36. The number of pyridine rings is 1. The Balaban J connectivity index is 1.95. The molecule has 6 nitrogen and oxygen atoms in total. The van der Waals surface area contributed by atoms with Crippen LogP contribution in [0.4, 0.5) is 0 Å². The van der Waals surface area contributed by atoms with Gasteiger partial charge in [-0.15, -0.1) is 0 Å². The Morgan fingerprint density at radius 2 is 2.32 bits per heavy atom. The molecule has 0 radical (unpaired) electrons. The maximum Gasteiger partial charge on any atom is 0.251 e. The first-order chi connectivity index (χ1) is 10.6. The molecule has 2 amide bonds. The van der Waals surface area contributed by atoms with Crippen molar-refractivity contribution in [2.75, 3.05) is 20.2 Å². The minimum atomic E-state index is -0.151. The van der Waals surface area contributed by atoms with Crippen molar-refractivity contribution >= 4 is 11.8 Å². The third kappa shape index (κ3) is 4.19. The van der Waals surface area contributed by atoms with Crippen LogP contribution in [-0.2, 0) is 4.79 Å². The molecule has 0 saturated carbocycles. The van der Waals surface area contributed by atoms with Crippen LogP contribution >= 0.6 is 0 Å². The van der Waals surface area contributed by atoms with E-state index in [0.29, 0.717) is 30.8 Å². The monoisotopic (exact) mass is 305 g/mol. The molecule has 1 unspecified atom stereocenters. The highest BCUT2D eigenvalue weighted by atomic mass is 16.5. The normalized spacial score (nSPS) is 18.7. The average molecular weight is 305 g/mol. The van der Waals surface area contributed by atoms with Crippen molar-refractivity contribution in [3.8, 4) is 5.88 Å². The van der Waals surface area contributed by atoms with E-state index in [4.69, 9.17) is 4.74 Å². The molecule has 0 spiro atoms. The smallest absolute Gasteiger partial charge is 0.251 e. The molecule has 0 aliphatic carbocycles. The van der Waals surface area contributed by atoms with Gasteiger partial charge in [0.2, 0.25) is 11.8 Å². The molecule has 22 heavy (non-hydrogen) atoms. The molecule has 1 aliphatic rings. The first-order valence-corrected chi connectivity index (χ1v) is 7.72. The van der Waals surface area contributed by atoms with Crippen LogP contribution in [0.2, 0.25) is 0 Å². The van der Waals surface area contributed by atoms with E-state index in [1.807, 2.05) is 4.90 Å². The number of carbonyl (C=O) groups excluding carboxylic acids is 2. The Morgan fingerprint density at radius 3 is 3.05 bits per heavy atom. The van der Waals surface area contributed by atoms with Gasteiger partial charge in [-0.2, -0.15) is 0 Å². The van der Waals surface area contributed by atoms with Gasteiger partial charge < -0.3 is 15.0 Å². The zero-order valence-corrected chi connectivity index (χ0v) is 13.2. The molecular weight excluding hydrogens is 282 g/mol. The van der Waals surface area contributed by atoms with Gasteiger partial charge in [-0.25, -0.2) is 4.98 Å². The van der Waals surface area contributed by atoms with Crippen LogP contribution in [0.1, 0.15) is 43.0 Å². The van der Waals surface area contributed by atoms with Crippen molar-refractivity contribution in [2.45, 2.75) is 38.6 Å². The first-order valence-electron chi connectivity index (χ1n) is 7.72. The minimum absolute atomic E-state index is 0.0254. The number of carbonyl (C=O) groups is 2. The molecule has 120 valence electrons. The molecular formula is C16H23N3O3. The van der Waals surface area contributed by atoms with E-state index >= 15 is 0 Å². The quantitative estimate of drug-likeness (QED) is 0.897. The van der Waals surface area contributed by atoms with E-state index in [2.05, 4.69) is 17.2 Å². The van der Waals surface area contributed by atoms with Gasteiger partial charge in [-0.3, -0.25) is 9.59 Å². The molecule has 6 heteroatoms. The fourth-order valence-electron chi connectivity index (χ4n) is 2.62. The van der Waals surface area contributed by atoms with Gasteiger partial charge in [0, 0.05) is 43.4 Å². The van der Waals surface area contributed by atoms with Crippen LogP contribution in [-0.4, -0.2) is 47.9 Å². The fraction of sp³-hybridized carbons (Fsp3) is 0.562. The number of hydrogen-bond acceptors (Lipinski definition) is 4. The van der Waals surface area contributed by atoms with E-state index in [1.54, 1.807) is 18.3 Å². The summed E-state index contributed by atoms with van der Waals surface area (Å²) in [5.74, 6) is 0.448. The largest absolute Gasteiger partial charge is 0.481 e. The molecule has 1 fully saturated rings. The summed E-state index contributed by atoms with van der Waals surface area (Å²) in [5, 5.41) is 3.01. The predicted molar refractivity (Wildman–Crippen MR) is 82.8 cm³/mol. The fourth-order valence-corrected chi connectivity index (χ4v) is 2.62. The second kappa shape index (κ2) is 7.77. The highest BCUT2D eigenvalue weighted by Crippen LogP contribution is 2.14. The van der Waals surface area contributed by atoms with Gasteiger partial charge in [0.25, 0.3) is 5.91 Å². The van der Waals surface area contributed by atoms with Gasteiger partial charge >= 0.3 is 0 Å². The van der Waals surface area contributed by atoms with Gasteiger partial charge in [0.1, 0.15) is 0 Å². The number of methoxy groups -OCH3 is 1. The summed E-state index contributed by atoms with van der Waals surface area (Å²) in [6.45, 7) is 3.56. The number of ether oxygens (including phenoxy) is 1. The number of hydrogen-bond donors (Lipinski definition) is 1. The highest BCUT2D eigenvalue weighted by molar-refractivity contribution is 5.94. The number of likely N-dealkylation sites (tertiary alicyclic amines) is 1. The lowest BCUT2D eigenvalue weighted by molar-refractivity contribution is -0.130. The van der Waals surface area contributed by atoms with Crippen molar-refractivity contribution < 1.29 is 14.3 Å². The molecule has 1 atom stereocenters. The van der Waals surface area contributed by atoms with Gasteiger partial charge in [-0.05, 0) is 25.3 Å². The number of rotatable bonds is 5. The van der Waals surface area contributed by atoms with Crippen LogP contribution < -0.4 is 10.1 Å². The molecule has 1 aliphatic heterocycles. The van der Waals surface area contributed by atoms with Crippen LogP contribution in [0.3, 0.4) is 0 Å². The Bertz CT molecular complexity index is 533. The van der Waals surface area contributed by atoms with E-state index in [1.165, 1.54) is 7.11 Å². The first kappa shape index (κ1) is 16.3. The molecule has 2 rings (SSSR count). The number of amides is 2. The lowest BCUT2D eigenvalue weighted by atomic mass is 10.1. The third-order valence-electron chi connectivity index (χ3n) is 3.84. The average Bonchev–Trinajstić information content (AvgIpc) is 2.71. The zero-order chi connectivity index (χ0) is 15.9. The summed E-state index contributed by atoms with van der Waals surface area (Å²) >= 11 is 0. The van der Waals surface area contributed by atoms with Crippen LogP contribution in [0, 0.1) is 0 Å². The van der Waals surface area contributed by atoms with Gasteiger partial charge in [-0.1, -0.05) is 6.92 Å². The SMILES string of the molecule is CCCN1CCC(NC(=O)c2ccnc(OC)c2)CCC1=O. The van der Waals surface area contributed by atoms with Gasteiger partial charge in [0.15, 0.2) is 0 Å². The minimum Gasteiger partial charge on any atom is -0.481 e. The summed E-state index contributed by atoms with van der Waals surface area (Å²) in [4.78, 5) is 30.1. The summed E-state index contributed by atoms with van der Waals surface area (Å²) in [6.07, 6.45) is 4.48. The maximum atomic E-state index is 12.3. The topological polar surface area (TPSA) is 71.5 Å². The molecule has 2 heterocycles. The molecule has 1 N–H and O–H groups in total. The summed E-state index contributed by atoms with van der Waals surface area (Å²) in [6, 6.07) is 3.29. The van der Waals surface area contributed by atoms with E-state index in [0.717, 1.165) is 19.4 Å². The summed E-state index contributed by atoms with van der Waals surface area (Å²) in [7, 11) is 1.52. The van der Waals surface area contributed by atoms with Crippen LogP contribution in [0.15, 0.2) is 18.3 Å².